The lowest BCUT2D eigenvalue weighted by Crippen LogP contribution is -1.93. The lowest BCUT2D eigenvalue weighted by Gasteiger charge is -2.01. The second kappa shape index (κ2) is 15.8. The number of hydrogen-bond donors (Lipinski definition) is 2. The lowest BCUT2D eigenvalue weighted by molar-refractivity contribution is -0.137. The van der Waals surface area contributed by atoms with Gasteiger partial charge in [-0.2, -0.15) is 0 Å². The fraction of sp³-hybridized carbons (Fsp3) is 0.667. The minimum Gasteiger partial charge on any atom is -0.481 e. The van der Waals surface area contributed by atoms with E-state index >= 15 is 0 Å². The molecule has 0 aromatic heterocycles. The van der Waals surface area contributed by atoms with Gasteiger partial charge >= 0.3 is 11.9 Å². The summed E-state index contributed by atoms with van der Waals surface area (Å²) in [6.07, 6.45) is 19.5. The van der Waals surface area contributed by atoms with E-state index in [4.69, 9.17) is 10.2 Å². The summed E-state index contributed by atoms with van der Waals surface area (Å²) in [6.45, 7) is 0. The highest BCUT2D eigenvalue weighted by Crippen LogP contribution is 2.12. The van der Waals surface area contributed by atoms with E-state index in [0.29, 0.717) is 6.42 Å². The van der Waals surface area contributed by atoms with Gasteiger partial charge in [0.2, 0.25) is 0 Å². The summed E-state index contributed by atoms with van der Waals surface area (Å²) >= 11 is 0. The highest BCUT2D eigenvalue weighted by Gasteiger charge is 1.96. The van der Waals surface area contributed by atoms with Crippen LogP contribution >= 0.6 is 0 Å². The summed E-state index contributed by atoms with van der Waals surface area (Å²) in [5, 5.41) is 16.9. The first-order valence-corrected chi connectivity index (χ1v) is 8.41. The normalized spacial score (nSPS) is 11.5. The average Bonchev–Trinajstić information content (AvgIpc) is 2.46. The van der Waals surface area contributed by atoms with Gasteiger partial charge in [-0.05, 0) is 19.3 Å². The molecule has 0 atom stereocenters. The summed E-state index contributed by atoms with van der Waals surface area (Å²) in [5.74, 6) is -1.60. The summed E-state index contributed by atoms with van der Waals surface area (Å²) in [5.41, 5.74) is 0. The third kappa shape index (κ3) is 18.4. The van der Waals surface area contributed by atoms with Gasteiger partial charge in [0, 0.05) is 12.5 Å². The van der Waals surface area contributed by atoms with Crippen LogP contribution in [0.2, 0.25) is 0 Å². The highest BCUT2D eigenvalue weighted by atomic mass is 16.4. The van der Waals surface area contributed by atoms with Crippen LogP contribution in [0.1, 0.15) is 77.0 Å². The Hall–Kier alpha value is -1.58. The van der Waals surface area contributed by atoms with E-state index < -0.39 is 11.9 Å². The van der Waals surface area contributed by atoms with Crippen molar-refractivity contribution in [3.05, 3.63) is 24.3 Å². The molecule has 0 aliphatic carbocycles. The summed E-state index contributed by atoms with van der Waals surface area (Å²) < 4.78 is 0. The van der Waals surface area contributed by atoms with E-state index in [2.05, 4.69) is 0 Å². The van der Waals surface area contributed by atoms with E-state index in [1.807, 2.05) is 6.08 Å². The number of aliphatic carboxylic acids is 2. The van der Waals surface area contributed by atoms with Gasteiger partial charge < -0.3 is 10.2 Å². The zero-order valence-corrected chi connectivity index (χ0v) is 13.5. The van der Waals surface area contributed by atoms with Crippen molar-refractivity contribution in [2.45, 2.75) is 77.0 Å². The van der Waals surface area contributed by atoms with Crippen LogP contribution < -0.4 is 0 Å². The Morgan fingerprint density at radius 2 is 1.18 bits per heavy atom. The number of hydrogen-bond acceptors (Lipinski definition) is 2. The Bertz CT molecular complexity index is 345. The molecular formula is C18H30O4. The lowest BCUT2D eigenvalue weighted by atomic mass is 10.1. The van der Waals surface area contributed by atoms with E-state index in [9.17, 15) is 9.59 Å². The maximum atomic E-state index is 10.3. The molecule has 126 valence electrons. The molecule has 0 amide bonds. The Morgan fingerprint density at radius 3 is 1.68 bits per heavy atom. The minimum atomic E-state index is -0.911. The quantitative estimate of drug-likeness (QED) is 0.255. The molecule has 0 aromatic rings. The molecule has 0 saturated heterocycles. The van der Waals surface area contributed by atoms with Gasteiger partial charge in [-0.15, -0.1) is 0 Å². The van der Waals surface area contributed by atoms with E-state index in [-0.39, 0.29) is 0 Å². The Labute approximate surface area is 133 Å². The SMILES string of the molecule is O=C(O)C=CC=CCCCCCCCCCCCCC(=O)O. The molecule has 0 saturated carbocycles. The maximum absolute atomic E-state index is 10.3. The van der Waals surface area contributed by atoms with Crippen LogP contribution in [-0.4, -0.2) is 22.2 Å². The number of allylic oxidation sites excluding steroid dienone is 3. The van der Waals surface area contributed by atoms with Crippen molar-refractivity contribution >= 4 is 11.9 Å². The first kappa shape index (κ1) is 20.4. The smallest absolute Gasteiger partial charge is 0.328 e. The topological polar surface area (TPSA) is 74.6 Å². The zero-order chi connectivity index (χ0) is 16.5. The van der Waals surface area contributed by atoms with Gasteiger partial charge in [0.05, 0.1) is 0 Å². The third-order valence-electron chi connectivity index (χ3n) is 3.50. The molecular weight excluding hydrogens is 280 g/mol. The fourth-order valence-corrected chi connectivity index (χ4v) is 2.27. The van der Waals surface area contributed by atoms with Crippen molar-refractivity contribution in [3.63, 3.8) is 0 Å². The summed E-state index contributed by atoms with van der Waals surface area (Å²) in [6, 6.07) is 0. The Morgan fingerprint density at radius 1 is 0.682 bits per heavy atom. The number of unbranched alkanes of at least 4 members (excludes halogenated alkanes) is 10. The first-order valence-electron chi connectivity index (χ1n) is 8.41. The van der Waals surface area contributed by atoms with Crippen LogP contribution in [0, 0.1) is 0 Å². The molecule has 0 aliphatic heterocycles. The number of carboxylic acids is 2. The van der Waals surface area contributed by atoms with Crippen molar-refractivity contribution in [1.82, 2.24) is 0 Å². The Kier molecular flexibility index (Phi) is 14.7. The molecule has 4 nitrogen and oxygen atoms in total. The molecule has 22 heavy (non-hydrogen) atoms. The molecule has 4 heteroatoms. The molecule has 0 rings (SSSR count). The van der Waals surface area contributed by atoms with Gasteiger partial charge in [0.1, 0.15) is 0 Å². The van der Waals surface area contributed by atoms with Gasteiger partial charge in [-0.3, -0.25) is 4.79 Å². The summed E-state index contributed by atoms with van der Waals surface area (Å²) in [7, 11) is 0. The number of carboxylic acid groups (broad SMARTS) is 2. The summed E-state index contributed by atoms with van der Waals surface area (Å²) in [4.78, 5) is 20.5. The fourth-order valence-electron chi connectivity index (χ4n) is 2.27. The molecule has 0 fully saturated rings. The van der Waals surface area contributed by atoms with Crippen LogP contribution in [0.25, 0.3) is 0 Å². The van der Waals surface area contributed by atoms with Gasteiger partial charge in [0.25, 0.3) is 0 Å². The minimum absolute atomic E-state index is 0.306. The van der Waals surface area contributed by atoms with Crippen LogP contribution in [0.5, 0.6) is 0 Å². The van der Waals surface area contributed by atoms with Crippen molar-refractivity contribution in [2.24, 2.45) is 0 Å². The molecule has 0 spiro atoms. The second-order valence-electron chi connectivity index (χ2n) is 5.59. The third-order valence-corrected chi connectivity index (χ3v) is 3.50. The van der Waals surface area contributed by atoms with E-state index in [1.165, 1.54) is 38.5 Å². The van der Waals surface area contributed by atoms with Crippen LogP contribution in [-0.2, 0) is 9.59 Å². The van der Waals surface area contributed by atoms with Crippen LogP contribution in [0.4, 0.5) is 0 Å². The molecule has 0 aliphatic rings. The van der Waals surface area contributed by atoms with E-state index in [0.717, 1.165) is 38.2 Å². The van der Waals surface area contributed by atoms with Crippen molar-refractivity contribution in [3.8, 4) is 0 Å². The van der Waals surface area contributed by atoms with Crippen molar-refractivity contribution in [2.75, 3.05) is 0 Å². The molecule has 0 aromatic carbocycles. The van der Waals surface area contributed by atoms with E-state index in [1.54, 1.807) is 12.2 Å². The standard InChI is InChI=1S/C18H30O4/c19-17(20)15-13-11-9-7-5-3-1-2-4-6-8-10-12-14-16-18(21)22/h9,11,13,15H,1-8,10,12,14,16H2,(H,19,20)(H,21,22). The molecule has 0 unspecified atom stereocenters. The molecule has 0 bridgehead atoms. The van der Waals surface area contributed by atoms with Gasteiger partial charge in [-0.1, -0.05) is 69.6 Å². The molecule has 0 radical (unpaired) electrons. The predicted octanol–water partition coefficient (Wildman–Crippen LogP) is 4.95. The monoisotopic (exact) mass is 310 g/mol. The zero-order valence-electron chi connectivity index (χ0n) is 13.5. The van der Waals surface area contributed by atoms with Gasteiger partial charge in [0.15, 0.2) is 0 Å². The van der Waals surface area contributed by atoms with Crippen LogP contribution in [0.15, 0.2) is 24.3 Å². The van der Waals surface area contributed by atoms with Crippen molar-refractivity contribution < 1.29 is 19.8 Å². The average molecular weight is 310 g/mol. The highest BCUT2D eigenvalue weighted by molar-refractivity contribution is 5.80. The second-order valence-corrected chi connectivity index (χ2v) is 5.59. The number of rotatable bonds is 15. The van der Waals surface area contributed by atoms with Gasteiger partial charge in [-0.25, -0.2) is 4.79 Å². The largest absolute Gasteiger partial charge is 0.481 e. The maximum Gasteiger partial charge on any atom is 0.328 e. The van der Waals surface area contributed by atoms with Crippen molar-refractivity contribution in [1.29, 1.82) is 0 Å². The predicted molar refractivity (Wildman–Crippen MR) is 89.0 cm³/mol. The Balaban J connectivity index is 3.14. The number of carbonyl (C=O) groups is 2. The van der Waals surface area contributed by atoms with Crippen LogP contribution in [0.3, 0.4) is 0 Å². The molecule has 0 heterocycles. The molecule has 2 N–H and O–H groups in total. The first-order chi connectivity index (χ1) is 10.6.